The SMILES string of the molecule is COc1cc(OC)cc(C(=O)N/N=C\c2ccc(OCc3cccc(C#N)c3)cc2)c1. The van der Waals surface area contributed by atoms with Crippen molar-refractivity contribution in [2.24, 2.45) is 5.10 Å². The number of carbonyl (C=O) groups excluding carboxylic acids is 1. The molecule has 7 heteroatoms. The number of hydrogen-bond donors (Lipinski definition) is 1. The summed E-state index contributed by atoms with van der Waals surface area (Å²) in [6.45, 7) is 0.364. The summed E-state index contributed by atoms with van der Waals surface area (Å²) in [5.41, 5.74) is 5.17. The van der Waals surface area contributed by atoms with Gasteiger partial charge in [-0.15, -0.1) is 0 Å². The van der Waals surface area contributed by atoms with E-state index in [1.165, 1.54) is 20.4 Å². The molecule has 0 aliphatic heterocycles. The minimum atomic E-state index is -0.381. The predicted molar refractivity (Wildman–Crippen MR) is 117 cm³/mol. The topological polar surface area (TPSA) is 92.9 Å². The van der Waals surface area contributed by atoms with Gasteiger partial charge in [0.25, 0.3) is 5.91 Å². The largest absolute Gasteiger partial charge is 0.497 e. The lowest BCUT2D eigenvalue weighted by atomic mass is 10.1. The molecule has 0 aliphatic carbocycles. The van der Waals surface area contributed by atoms with E-state index in [0.29, 0.717) is 35.0 Å². The molecule has 1 amide bonds. The van der Waals surface area contributed by atoms with Crippen molar-refractivity contribution < 1.29 is 19.0 Å². The lowest BCUT2D eigenvalue weighted by Gasteiger charge is -2.07. The lowest BCUT2D eigenvalue weighted by molar-refractivity contribution is 0.0954. The van der Waals surface area contributed by atoms with Crippen LogP contribution in [0.25, 0.3) is 0 Å². The van der Waals surface area contributed by atoms with E-state index in [-0.39, 0.29) is 5.91 Å². The average Bonchev–Trinajstić information content (AvgIpc) is 2.83. The highest BCUT2D eigenvalue weighted by Crippen LogP contribution is 2.22. The van der Waals surface area contributed by atoms with E-state index in [9.17, 15) is 4.79 Å². The fraction of sp³-hybridized carbons (Fsp3) is 0.125. The van der Waals surface area contributed by atoms with Crippen molar-refractivity contribution in [3.05, 3.63) is 89.0 Å². The molecule has 31 heavy (non-hydrogen) atoms. The number of hydrogen-bond acceptors (Lipinski definition) is 6. The van der Waals surface area contributed by atoms with Crippen LogP contribution in [0.5, 0.6) is 17.2 Å². The summed E-state index contributed by atoms with van der Waals surface area (Å²) < 4.78 is 16.1. The van der Waals surface area contributed by atoms with Gasteiger partial charge in [0, 0.05) is 11.6 Å². The number of ether oxygens (including phenoxy) is 3. The van der Waals surface area contributed by atoms with Crippen molar-refractivity contribution in [3.63, 3.8) is 0 Å². The molecule has 0 unspecified atom stereocenters. The van der Waals surface area contributed by atoms with E-state index in [4.69, 9.17) is 19.5 Å². The minimum absolute atomic E-state index is 0.364. The lowest BCUT2D eigenvalue weighted by Crippen LogP contribution is -2.17. The van der Waals surface area contributed by atoms with Gasteiger partial charge in [-0.05, 0) is 59.7 Å². The fourth-order valence-electron chi connectivity index (χ4n) is 2.72. The smallest absolute Gasteiger partial charge is 0.271 e. The van der Waals surface area contributed by atoms with Crippen LogP contribution in [-0.2, 0) is 6.61 Å². The maximum Gasteiger partial charge on any atom is 0.271 e. The molecule has 3 aromatic rings. The van der Waals surface area contributed by atoms with Gasteiger partial charge in [0.1, 0.15) is 23.9 Å². The number of nitriles is 1. The van der Waals surface area contributed by atoms with E-state index in [0.717, 1.165) is 11.1 Å². The van der Waals surface area contributed by atoms with Crippen molar-refractivity contribution >= 4 is 12.1 Å². The van der Waals surface area contributed by atoms with Crippen LogP contribution in [-0.4, -0.2) is 26.3 Å². The van der Waals surface area contributed by atoms with Crippen molar-refractivity contribution in [1.82, 2.24) is 5.43 Å². The Morgan fingerprint density at radius 1 is 1.00 bits per heavy atom. The molecule has 0 radical (unpaired) electrons. The van der Waals surface area contributed by atoms with Gasteiger partial charge in [0.05, 0.1) is 32.1 Å². The van der Waals surface area contributed by atoms with Crippen molar-refractivity contribution in [2.75, 3.05) is 14.2 Å². The summed E-state index contributed by atoms with van der Waals surface area (Å²) in [6, 6.07) is 21.5. The van der Waals surface area contributed by atoms with Gasteiger partial charge in [-0.1, -0.05) is 12.1 Å². The molecule has 0 bridgehead atoms. The molecule has 3 rings (SSSR count). The first kappa shape index (κ1) is 21.4. The van der Waals surface area contributed by atoms with E-state index in [2.05, 4.69) is 16.6 Å². The zero-order valence-corrected chi connectivity index (χ0v) is 17.2. The molecular formula is C24H21N3O4. The first-order valence-electron chi connectivity index (χ1n) is 9.39. The van der Waals surface area contributed by atoms with Crippen LogP contribution < -0.4 is 19.6 Å². The molecule has 0 heterocycles. The maximum atomic E-state index is 12.3. The second kappa shape index (κ2) is 10.5. The number of benzene rings is 3. The van der Waals surface area contributed by atoms with Gasteiger partial charge in [-0.3, -0.25) is 4.79 Å². The van der Waals surface area contributed by atoms with Crippen molar-refractivity contribution in [3.8, 4) is 23.3 Å². The highest BCUT2D eigenvalue weighted by molar-refractivity contribution is 5.95. The standard InChI is InChI=1S/C24H21N3O4/c1-29-22-11-20(12-23(13-22)30-2)24(28)27-26-15-17-6-8-21(9-7-17)31-16-19-5-3-4-18(10-19)14-25/h3-13,15H,16H2,1-2H3,(H,27,28)/b26-15-. The third-order valence-electron chi connectivity index (χ3n) is 4.34. The molecule has 0 spiro atoms. The fourth-order valence-corrected chi connectivity index (χ4v) is 2.72. The highest BCUT2D eigenvalue weighted by Gasteiger charge is 2.09. The number of nitrogens with one attached hydrogen (secondary N) is 1. The first-order chi connectivity index (χ1) is 15.1. The molecule has 156 valence electrons. The van der Waals surface area contributed by atoms with Crippen LogP contribution >= 0.6 is 0 Å². The molecule has 7 nitrogen and oxygen atoms in total. The van der Waals surface area contributed by atoms with Crippen molar-refractivity contribution in [1.29, 1.82) is 5.26 Å². The molecule has 3 aromatic carbocycles. The number of nitrogens with zero attached hydrogens (tertiary/aromatic N) is 2. The second-order valence-corrected chi connectivity index (χ2v) is 6.47. The summed E-state index contributed by atoms with van der Waals surface area (Å²) in [6.07, 6.45) is 1.54. The van der Waals surface area contributed by atoms with Crippen LogP contribution in [0.2, 0.25) is 0 Å². The number of carbonyl (C=O) groups is 1. The van der Waals surface area contributed by atoms with E-state index >= 15 is 0 Å². The second-order valence-electron chi connectivity index (χ2n) is 6.47. The Morgan fingerprint density at radius 2 is 1.71 bits per heavy atom. The van der Waals surface area contributed by atoms with E-state index in [1.807, 2.05) is 36.4 Å². The Hall–Kier alpha value is -4.31. The average molecular weight is 415 g/mol. The van der Waals surface area contributed by atoms with E-state index < -0.39 is 0 Å². The third-order valence-corrected chi connectivity index (χ3v) is 4.34. The Morgan fingerprint density at radius 3 is 2.35 bits per heavy atom. The highest BCUT2D eigenvalue weighted by atomic mass is 16.5. The summed E-state index contributed by atoms with van der Waals surface area (Å²) >= 11 is 0. The number of rotatable bonds is 8. The van der Waals surface area contributed by atoms with Gasteiger partial charge in [-0.2, -0.15) is 10.4 Å². The van der Waals surface area contributed by atoms with Crippen LogP contribution in [0.3, 0.4) is 0 Å². The normalized spacial score (nSPS) is 10.4. The molecule has 0 aromatic heterocycles. The maximum absolute atomic E-state index is 12.3. The van der Waals surface area contributed by atoms with Gasteiger partial charge in [-0.25, -0.2) is 5.43 Å². The number of amides is 1. The molecule has 0 aliphatic rings. The Kier molecular flexibility index (Phi) is 7.22. The van der Waals surface area contributed by atoms with Crippen LogP contribution in [0.15, 0.2) is 71.8 Å². The Bertz CT molecular complexity index is 1100. The van der Waals surface area contributed by atoms with Crippen LogP contribution in [0.1, 0.15) is 27.0 Å². The molecule has 1 N–H and O–H groups in total. The zero-order valence-electron chi connectivity index (χ0n) is 17.2. The van der Waals surface area contributed by atoms with Gasteiger partial charge >= 0.3 is 0 Å². The van der Waals surface area contributed by atoms with E-state index in [1.54, 1.807) is 30.3 Å². The van der Waals surface area contributed by atoms with Gasteiger partial charge in [0.2, 0.25) is 0 Å². The molecule has 0 atom stereocenters. The summed E-state index contributed by atoms with van der Waals surface area (Å²) in [4.78, 5) is 12.3. The predicted octanol–water partition coefficient (Wildman–Crippen LogP) is 3.92. The van der Waals surface area contributed by atoms with Crippen LogP contribution in [0, 0.1) is 11.3 Å². The summed E-state index contributed by atoms with van der Waals surface area (Å²) in [5, 5.41) is 12.9. The quantitative estimate of drug-likeness (QED) is 0.445. The zero-order chi connectivity index (χ0) is 22.1. The molecule has 0 saturated heterocycles. The molecule has 0 fully saturated rings. The molecular weight excluding hydrogens is 394 g/mol. The number of methoxy groups -OCH3 is 2. The minimum Gasteiger partial charge on any atom is -0.497 e. The van der Waals surface area contributed by atoms with Crippen LogP contribution in [0.4, 0.5) is 0 Å². The molecule has 0 saturated carbocycles. The third kappa shape index (κ3) is 6.08. The van der Waals surface area contributed by atoms with Gasteiger partial charge in [0.15, 0.2) is 0 Å². The monoisotopic (exact) mass is 415 g/mol. The first-order valence-corrected chi connectivity index (χ1v) is 9.39. The summed E-state index contributed by atoms with van der Waals surface area (Å²) in [5.74, 6) is 1.34. The number of hydrazone groups is 1. The summed E-state index contributed by atoms with van der Waals surface area (Å²) in [7, 11) is 3.04. The Labute approximate surface area is 180 Å². The Balaban J connectivity index is 1.56. The van der Waals surface area contributed by atoms with Crippen molar-refractivity contribution in [2.45, 2.75) is 6.61 Å². The van der Waals surface area contributed by atoms with Gasteiger partial charge < -0.3 is 14.2 Å².